The molecule has 1 saturated heterocycles. The Morgan fingerprint density at radius 2 is 1.60 bits per heavy atom. The lowest BCUT2D eigenvalue weighted by Gasteiger charge is -2.28. The molecule has 250 valence electrons. The number of anilines is 1. The molecule has 1 aliphatic rings. The van der Waals surface area contributed by atoms with Gasteiger partial charge in [0.1, 0.15) is 11.6 Å². The highest BCUT2D eigenvalue weighted by Gasteiger charge is 2.22. The summed E-state index contributed by atoms with van der Waals surface area (Å²) >= 11 is 0. The highest BCUT2D eigenvalue weighted by Crippen LogP contribution is 2.30. The predicted molar refractivity (Wildman–Crippen MR) is 188 cm³/mol. The van der Waals surface area contributed by atoms with Crippen LogP contribution in [0.1, 0.15) is 96.4 Å². The molecule has 7 heteroatoms. The zero-order chi connectivity index (χ0) is 34.4. The predicted octanol–water partition coefficient (Wildman–Crippen LogP) is 9.30. The molecule has 3 atom stereocenters. The molecule has 3 aromatic carbocycles. The molecule has 1 fully saturated rings. The third-order valence-electron chi connectivity index (χ3n) is 6.49. The van der Waals surface area contributed by atoms with Crippen molar-refractivity contribution in [1.82, 2.24) is 5.32 Å². The molecule has 0 aliphatic carbocycles. The van der Waals surface area contributed by atoms with E-state index in [0.717, 1.165) is 23.2 Å². The lowest BCUT2D eigenvalue weighted by Crippen LogP contribution is -2.44. The summed E-state index contributed by atoms with van der Waals surface area (Å²) in [5.74, 6) is -1.14. The Labute approximate surface area is 271 Å². The first-order chi connectivity index (χ1) is 21.6. The van der Waals surface area contributed by atoms with Crippen LogP contribution in [0.25, 0.3) is 0 Å². The minimum absolute atomic E-state index is 0.0125. The van der Waals surface area contributed by atoms with E-state index in [1.807, 2.05) is 72.7 Å². The number of amides is 1. The van der Waals surface area contributed by atoms with Gasteiger partial charge in [-0.05, 0) is 74.7 Å². The molecule has 0 unspecified atom stereocenters. The Balaban J connectivity index is 0.00000173. The van der Waals surface area contributed by atoms with Crippen LogP contribution in [0.4, 0.5) is 14.5 Å². The summed E-state index contributed by atoms with van der Waals surface area (Å²) in [7, 11) is 0. The Hall–Kier alpha value is -3.55. The van der Waals surface area contributed by atoms with Gasteiger partial charge in [0.05, 0.1) is 12.7 Å². The van der Waals surface area contributed by atoms with E-state index < -0.39 is 0 Å². The number of rotatable bonds is 8. The summed E-state index contributed by atoms with van der Waals surface area (Å²) in [6.07, 6.45) is 1.28. The number of carbonyl (C=O) groups is 1. The first-order valence-corrected chi connectivity index (χ1v) is 16.3. The van der Waals surface area contributed by atoms with Gasteiger partial charge in [-0.1, -0.05) is 96.1 Å². The molecule has 4 N–H and O–H groups in total. The molecule has 0 radical (unpaired) electrons. The molecule has 1 aliphatic heterocycles. The number of halogens is 2. The van der Waals surface area contributed by atoms with E-state index in [2.05, 4.69) is 24.1 Å². The average Bonchev–Trinajstić information content (AvgIpc) is 3.04. The molecule has 4 rings (SSSR count). The minimum Gasteiger partial charge on any atom is -0.403 e. The minimum atomic E-state index is -0.339. The third kappa shape index (κ3) is 15.8. The van der Waals surface area contributed by atoms with Crippen LogP contribution in [0.2, 0.25) is 0 Å². The number of aryl methyl sites for hydroxylation is 1. The van der Waals surface area contributed by atoms with Gasteiger partial charge in [-0.15, -0.1) is 0 Å². The fraction of sp³-hybridized carbons (Fsp3) is 0.447. The molecule has 0 aromatic heterocycles. The molecule has 0 bridgehead atoms. The van der Waals surface area contributed by atoms with Gasteiger partial charge in [0.25, 0.3) is 0 Å². The van der Waals surface area contributed by atoms with Gasteiger partial charge in [0, 0.05) is 36.2 Å². The second-order valence-electron chi connectivity index (χ2n) is 10.2. The van der Waals surface area contributed by atoms with Gasteiger partial charge in [-0.2, -0.15) is 0 Å². The summed E-state index contributed by atoms with van der Waals surface area (Å²) < 4.78 is 34.1. The lowest BCUT2D eigenvalue weighted by atomic mass is 9.87. The number of carbonyl (C=O) groups excluding carboxylic acids is 1. The molecule has 1 amide bonds. The highest BCUT2D eigenvalue weighted by molar-refractivity contribution is 5.92. The van der Waals surface area contributed by atoms with Gasteiger partial charge >= 0.3 is 0 Å². The maximum Gasteiger partial charge on any atom is 0.225 e. The van der Waals surface area contributed by atoms with Crippen LogP contribution in [0, 0.1) is 18.6 Å². The van der Waals surface area contributed by atoms with E-state index >= 15 is 0 Å². The maximum absolute atomic E-state index is 14.7. The maximum atomic E-state index is 14.7. The highest BCUT2D eigenvalue weighted by atomic mass is 19.1. The smallest absolute Gasteiger partial charge is 0.225 e. The van der Waals surface area contributed by atoms with E-state index in [0.29, 0.717) is 42.4 Å². The van der Waals surface area contributed by atoms with Crippen LogP contribution in [0.5, 0.6) is 0 Å². The second-order valence-corrected chi connectivity index (χ2v) is 10.2. The number of nitrogens with one attached hydrogen (secondary N) is 2. The standard InChI is InChI=1S/C29H32F2N2O2.C3H7N.3C2H6/c1-19-5-3-6-22(15-19)26(21-9-11-23(30)12-10-21)16-29(34)33-28-8-4-7-27(31)25(28)14-13-24-17-32-20(2)18-35-24;1-3(2)4;3*1-2/h3-12,15,20,24,26,32H,13-14,16-18H2,1-2H3,(H,33,34);1,4H2,2H3;3*1-2H3/t20-,24-,26+;;;;/m1..../s1. The number of ether oxygens (including phenoxy) is 1. The fourth-order valence-corrected chi connectivity index (χ4v) is 4.55. The number of morpholine rings is 1. The first kappa shape index (κ1) is 41.4. The quantitative estimate of drug-likeness (QED) is 0.233. The topological polar surface area (TPSA) is 76.4 Å². The van der Waals surface area contributed by atoms with E-state index in [-0.39, 0.29) is 36.0 Å². The van der Waals surface area contributed by atoms with Gasteiger partial charge in [0.2, 0.25) is 5.91 Å². The van der Waals surface area contributed by atoms with Crippen molar-refractivity contribution in [3.63, 3.8) is 0 Å². The molecule has 0 saturated carbocycles. The van der Waals surface area contributed by atoms with Crippen LogP contribution < -0.4 is 16.4 Å². The largest absolute Gasteiger partial charge is 0.403 e. The van der Waals surface area contributed by atoms with Crippen LogP contribution in [0.15, 0.2) is 79.0 Å². The molecule has 1 heterocycles. The van der Waals surface area contributed by atoms with Crippen LogP contribution in [0.3, 0.4) is 0 Å². The summed E-state index contributed by atoms with van der Waals surface area (Å²) in [6, 6.07) is 19.3. The SMILES string of the molecule is C=C(C)N.CC.CC.CC.Cc1cccc([C@@H](CC(=O)Nc2cccc(F)c2CC[C@@H]2CN[C@H](C)CO2)c2ccc(F)cc2)c1. The van der Waals surface area contributed by atoms with Gasteiger partial charge in [-0.25, -0.2) is 8.78 Å². The van der Waals surface area contributed by atoms with Crippen molar-refractivity contribution >= 4 is 11.6 Å². The summed E-state index contributed by atoms with van der Waals surface area (Å²) in [5, 5.41) is 6.31. The monoisotopic (exact) mass is 625 g/mol. The Kier molecular flexibility index (Phi) is 21.9. The number of hydrogen-bond acceptors (Lipinski definition) is 4. The van der Waals surface area contributed by atoms with Crippen molar-refractivity contribution in [2.45, 2.75) is 99.6 Å². The van der Waals surface area contributed by atoms with E-state index in [1.54, 1.807) is 31.2 Å². The van der Waals surface area contributed by atoms with Crippen LogP contribution >= 0.6 is 0 Å². The zero-order valence-corrected chi connectivity index (χ0v) is 29.0. The molecule has 45 heavy (non-hydrogen) atoms. The van der Waals surface area contributed by atoms with E-state index in [9.17, 15) is 13.6 Å². The Morgan fingerprint density at radius 1 is 1.00 bits per heavy atom. The van der Waals surface area contributed by atoms with Crippen molar-refractivity contribution in [1.29, 1.82) is 0 Å². The Bertz CT molecular complexity index is 1240. The van der Waals surface area contributed by atoms with Crippen molar-refractivity contribution in [2.75, 3.05) is 18.5 Å². The fourth-order valence-electron chi connectivity index (χ4n) is 4.55. The summed E-state index contributed by atoms with van der Waals surface area (Å²) in [5.41, 5.74) is 9.45. The van der Waals surface area contributed by atoms with Crippen molar-refractivity contribution in [3.8, 4) is 0 Å². The van der Waals surface area contributed by atoms with Crippen molar-refractivity contribution < 1.29 is 18.3 Å². The lowest BCUT2D eigenvalue weighted by molar-refractivity contribution is -0.116. The number of allylic oxidation sites excluding steroid dienone is 1. The van der Waals surface area contributed by atoms with Gasteiger partial charge in [0.15, 0.2) is 0 Å². The Morgan fingerprint density at radius 3 is 2.16 bits per heavy atom. The van der Waals surface area contributed by atoms with Crippen LogP contribution in [-0.4, -0.2) is 31.2 Å². The van der Waals surface area contributed by atoms with Crippen LogP contribution in [-0.2, 0) is 16.0 Å². The second kappa shape index (κ2) is 23.8. The zero-order valence-electron chi connectivity index (χ0n) is 29.0. The molecule has 5 nitrogen and oxygen atoms in total. The number of hydrogen-bond donors (Lipinski definition) is 3. The third-order valence-corrected chi connectivity index (χ3v) is 6.49. The average molecular weight is 626 g/mol. The van der Waals surface area contributed by atoms with E-state index in [1.165, 1.54) is 18.2 Å². The van der Waals surface area contributed by atoms with Crippen molar-refractivity contribution in [2.24, 2.45) is 5.73 Å². The van der Waals surface area contributed by atoms with E-state index in [4.69, 9.17) is 10.5 Å². The first-order valence-electron chi connectivity index (χ1n) is 16.3. The molecule has 3 aromatic rings. The normalized spacial score (nSPS) is 15.5. The van der Waals surface area contributed by atoms with Gasteiger partial charge < -0.3 is 21.1 Å². The van der Waals surface area contributed by atoms with Crippen molar-refractivity contribution in [3.05, 3.63) is 113 Å². The molecular formula is C38H57F2N3O2. The summed E-state index contributed by atoms with van der Waals surface area (Å²) in [6.45, 7) is 22.5. The number of nitrogens with two attached hydrogens (primary N) is 1. The number of benzene rings is 3. The molecular weight excluding hydrogens is 568 g/mol. The summed E-state index contributed by atoms with van der Waals surface area (Å²) in [4.78, 5) is 13.2. The van der Waals surface area contributed by atoms with Gasteiger partial charge in [-0.3, -0.25) is 4.79 Å². The molecule has 0 spiro atoms.